The van der Waals surface area contributed by atoms with Crippen molar-refractivity contribution in [2.24, 2.45) is 0 Å². The molecule has 0 atom stereocenters. The van der Waals surface area contributed by atoms with Crippen LogP contribution < -0.4 is 10.1 Å². The summed E-state index contributed by atoms with van der Waals surface area (Å²) in [6.07, 6.45) is 3.26. The van der Waals surface area contributed by atoms with E-state index in [-0.39, 0.29) is 11.7 Å². The smallest absolute Gasteiger partial charge is 0.255 e. The normalized spacial score (nSPS) is 10.6. The highest BCUT2D eigenvalue weighted by Gasteiger charge is 2.06. The fraction of sp³-hybridized carbons (Fsp3) is 0.0435. The predicted molar refractivity (Wildman–Crippen MR) is 107 cm³/mol. The van der Waals surface area contributed by atoms with E-state index in [4.69, 9.17) is 4.74 Å². The van der Waals surface area contributed by atoms with Gasteiger partial charge in [-0.1, -0.05) is 48.5 Å². The predicted octanol–water partition coefficient (Wildman–Crippen LogP) is 4.84. The topological polar surface area (TPSA) is 55.4 Å². The molecule has 1 N–H and O–H groups in total. The Labute approximate surface area is 158 Å². The van der Waals surface area contributed by atoms with Gasteiger partial charge in [0.15, 0.2) is 5.78 Å². The maximum Gasteiger partial charge on any atom is 0.255 e. The van der Waals surface area contributed by atoms with Crippen LogP contribution in [-0.2, 0) is 0 Å². The molecule has 0 radical (unpaired) electrons. The highest BCUT2D eigenvalue weighted by Crippen LogP contribution is 2.16. The standard InChI is InChI=1S/C23H19NO3/c1-27-21-13-11-19(12-14-21)23(26)24-20-9-5-6-17(16-20)10-15-22(25)18-7-3-2-4-8-18/h2-16H,1H3,(H,24,26)/b15-10-. The van der Waals surface area contributed by atoms with Crippen molar-refractivity contribution in [3.63, 3.8) is 0 Å². The Hall–Kier alpha value is -3.66. The number of amides is 1. The van der Waals surface area contributed by atoms with E-state index in [9.17, 15) is 9.59 Å². The minimum Gasteiger partial charge on any atom is -0.497 e. The Bertz CT molecular complexity index is 960. The average molecular weight is 357 g/mol. The summed E-state index contributed by atoms with van der Waals surface area (Å²) < 4.78 is 5.09. The number of methoxy groups -OCH3 is 1. The Morgan fingerprint density at radius 3 is 2.30 bits per heavy atom. The number of anilines is 1. The Morgan fingerprint density at radius 1 is 0.852 bits per heavy atom. The molecule has 0 aliphatic carbocycles. The van der Waals surface area contributed by atoms with E-state index in [2.05, 4.69) is 5.32 Å². The van der Waals surface area contributed by atoms with E-state index in [0.717, 1.165) is 5.56 Å². The molecular formula is C23H19NO3. The molecular weight excluding hydrogens is 338 g/mol. The molecule has 0 saturated heterocycles. The molecule has 0 saturated carbocycles. The summed E-state index contributed by atoms with van der Waals surface area (Å²) in [5.41, 5.74) is 2.66. The van der Waals surface area contributed by atoms with Crippen LogP contribution >= 0.6 is 0 Å². The van der Waals surface area contributed by atoms with E-state index in [0.29, 0.717) is 22.6 Å². The van der Waals surface area contributed by atoms with Crippen molar-refractivity contribution in [1.82, 2.24) is 0 Å². The van der Waals surface area contributed by atoms with Gasteiger partial charge in [0.25, 0.3) is 5.91 Å². The van der Waals surface area contributed by atoms with E-state index < -0.39 is 0 Å². The summed E-state index contributed by atoms with van der Waals surface area (Å²) in [5, 5.41) is 2.86. The monoisotopic (exact) mass is 357 g/mol. The van der Waals surface area contributed by atoms with Gasteiger partial charge in [0.05, 0.1) is 7.11 Å². The highest BCUT2D eigenvalue weighted by atomic mass is 16.5. The van der Waals surface area contributed by atoms with Crippen LogP contribution in [0.1, 0.15) is 26.3 Å². The number of nitrogens with one attached hydrogen (secondary N) is 1. The van der Waals surface area contributed by atoms with E-state index in [1.165, 1.54) is 6.08 Å². The summed E-state index contributed by atoms with van der Waals surface area (Å²) in [5.74, 6) is 0.421. The fourth-order valence-corrected chi connectivity index (χ4v) is 2.54. The lowest BCUT2D eigenvalue weighted by molar-refractivity contribution is 0.102. The lowest BCUT2D eigenvalue weighted by Gasteiger charge is -2.07. The first-order valence-corrected chi connectivity index (χ1v) is 8.48. The van der Waals surface area contributed by atoms with Crippen LogP contribution in [0.3, 0.4) is 0 Å². The minimum atomic E-state index is -0.209. The van der Waals surface area contributed by atoms with Crippen molar-refractivity contribution in [2.75, 3.05) is 12.4 Å². The van der Waals surface area contributed by atoms with Gasteiger partial charge < -0.3 is 10.1 Å². The van der Waals surface area contributed by atoms with E-state index in [1.54, 1.807) is 55.7 Å². The molecule has 0 spiro atoms. The van der Waals surface area contributed by atoms with Crippen LogP contribution in [0.25, 0.3) is 6.08 Å². The average Bonchev–Trinajstić information content (AvgIpc) is 2.73. The molecule has 3 aromatic rings. The summed E-state index contributed by atoms with van der Waals surface area (Å²) >= 11 is 0. The van der Waals surface area contributed by atoms with Crippen molar-refractivity contribution in [1.29, 1.82) is 0 Å². The molecule has 0 heterocycles. The molecule has 3 aromatic carbocycles. The van der Waals surface area contributed by atoms with Gasteiger partial charge in [0.2, 0.25) is 0 Å². The Kier molecular flexibility index (Phi) is 5.80. The third-order valence-corrected chi connectivity index (χ3v) is 3.98. The second kappa shape index (κ2) is 8.63. The first-order valence-electron chi connectivity index (χ1n) is 8.48. The molecule has 27 heavy (non-hydrogen) atoms. The molecule has 4 nitrogen and oxygen atoms in total. The van der Waals surface area contributed by atoms with Crippen LogP contribution in [0.15, 0.2) is 84.9 Å². The number of benzene rings is 3. The van der Waals surface area contributed by atoms with Crippen LogP contribution in [-0.4, -0.2) is 18.8 Å². The van der Waals surface area contributed by atoms with Crippen molar-refractivity contribution in [3.05, 3.63) is 102 Å². The Morgan fingerprint density at radius 2 is 1.59 bits per heavy atom. The fourth-order valence-electron chi connectivity index (χ4n) is 2.54. The van der Waals surface area contributed by atoms with Crippen molar-refractivity contribution in [3.8, 4) is 5.75 Å². The van der Waals surface area contributed by atoms with Gasteiger partial charge in [-0.2, -0.15) is 0 Å². The third-order valence-electron chi connectivity index (χ3n) is 3.98. The zero-order valence-electron chi connectivity index (χ0n) is 14.9. The number of rotatable bonds is 6. The number of hydrogen-bond acceptors (Lipinski definition) is 3. The Balaban J connectivity index is 1.68. The van der Waals surface area contributed by atoms with Crippen LogP contribution in [0, 0.1) is 0 Å². The van der Waals surface area contributed by atoms with Gasteiger partial charge in [0, 0.05) is 16.8 Å². The number of carbonyl (C=O) groups excluding carboxylic acids is 2. The molecule has 4 heteroatoms. The van der Waals surface area contributed by atoms with Gasteiger partial charge in [-0.15, -0.1) is 0 Å². The summed E-state index contributed by atoms with van der Waals surface area (Å²) in [4.78, 5) is 24.5. The van der Waals surface area contributed by atoms with Gasteiger partial charge in [-0.3, -0.25) is 9.59 Å². The van der Waals surface area contributed by atoms with Crippen LogP contribution in [0.4, 0.5) is 5.69 Å². The second-order valence-corrected chi connectivity index (χ2v) is 5.87. The summed E-state index contributed by atoms with van der Waals surface area (Å²) in [6, 6.07) is 23.3. The first-order chi connectivity index (χ1) is 13.2. The molecule has 3 rings (SSSR count). The zero-order chi connectivity index (χ0) is 19.1. The van der Waals surface area contributed by atoms with Crippen molar-refractivity contribution >= 4 is 23.5 Å². The molecule has 0 aromatic heterocycles. The zero-order valence-corrected chi connectivity index (χ0v) is 14.9. The van der Waals surface area contributed by atoms with Crippen molar-refractivity contribution < 1.29 is 14.3 Å². The molecule has 134 valence electrons. The molecule has 1 amide bonds. The molecule has 0 unspecified atom stereocenters. The van der Waals surface area contributed by atoms with Gasteiger partial charge in [-0.05, 0) is 48.0 Å². The highest BCUT2D eigenvalue weighted by molar-refractivity contribution is 6.07. The quantitative estimate of drug-likeness (QED) is 0.507. The second-order valence-electron chi connectivity index (χ2n) is 5.87. The molecule has 0 aliphatic heterocycles. The lowest BCUT2D eigenvalue weighted by atomic mass is 10.1. The lowest BCUT2D eigenvalue weighted by Crippen LogP contribution is -2.11. The molecule has 0 fully saturated rings. The number of ketones is 1. The number of hydrogen-bond donors (Lipinski definition) is 1. The number of ether oxygens (including phenoxy) is 1. The van der Waals surface area contributed by atoms with Gasteiger partial charge in [-0.25, -0.2) is 0 Å². The van der Waals surface area contributed by atoms with E-state index >= 15 is 0 Å². The maximum absolute atomic E-state index is 12.4. The number of allylic oxidation sites excluding steroid dienone is 1. The largest absolute Gasteiger partial charge is 0.497 e. The van der Waals surface area contributed by atoms with Crippen molar-refractivity contribution in [2.45, 2.75) is 0 Å². The third kappa shape index (κ3) is 4.92. The van der Waals surface area contributed by atoms with Crippen LogP contribution in [0.2, 0.25) is 0 Å². The van der Waals surface area contributed by atoms with E-state index in [1.807, 2.05) is 36.4 Å². The molecule has 0 aliphatic rings. The SMILES string of the molecule is COc1ccc(C(=O)Nc2cccc(/C=C\C(=O)c3ccccc3)c2)cc1. The van der Waals surface area contributed by atoms with Crippen LogP contribution in [0.5, 0.6) is 5.75 Å². The first kappa shape index (κ1) is 18.1. The minimum absolute atomic E-state index is 0.0664. The number of carbonyl (C=O) groups is 2. The summed E-state index contributed by atoms with van der Waals surface area (Å²) in [6.45, 7) is 0. The molecule has 0 bridgehead atoms. The van der Waals surface area contributed by atoms with Gasteiger partial charge in [0.1, 0.15) is 5.75 Å². The van der Waals surface area contributed by atoms with Gasteiger partial charge >= 0.3 is 0 Å². The maximum atomic E-state index is 12.4. The summed E-state index contributed by atoms with van der Waals surface area (Å²) in [7, 11) is 1.58.